The van der Waals surface area contributed by atoms with E-state index in [1.807, 2.05) is 19.4 Å². The van der Waals surface area contributed by atoms with Crippen LogP contribution in [0, 0.1) is 0 Å². The third kappa shape index (κ3) is 2.26. The molecule has 0 saturated carbocycles. The van der Waals surface area contributed by atoms with Gasteiger partial charge in [0.15, 0.2) is 0 Å². The number of hydrogen-bond acceptors (Lipinski definition) is 3. The van der Waals surface area contributed by atoms with Gasteiger partial charge in [-0.2, -0.15) is 5.10 Å². The number of nitrogens with zero attached hydrogens (tertiary/aromatic N) is 3. The molecule has 1 aromatic heterocycles. The van der Waals surface area contributed by atoms with Crippen molar-refractivity contribution in [2.45, 2.75) is 17.7 Å². The smallest absolute Gasteiger partial charge is 0.0568 e. The molecule has 1 unspecified atom stereocenters. The molecular weight excluding hydrogens is 270 g/mol. The van der Waals surface area contributed by atoms with Crippen molar-refractivity contribution in [3.8, 4) is 11.1 Å². The lowest BCUT2D eigenvalue weighted by Gasteiger charge is -2.28. The predicted molar refractivity (Wildman–Crippen MR) is 82.6 cm³/mol. The van der Waals surface area contributed by atoms with E-state index < -0.39 is 10.8 Å². The van der Waals surface area contributed by atoms with E-state index >= 15 is 0 Å². The summed E-state index contributed by atoms with van der Waals surface area (Å²) in [5.41, 5.74) is 4.64. The molecule has 1 atom stereocenters. The summed E-state index contributed by atoms with van der Waals surface area (Å²) in [5.74, 6) is 0. The number of anilines is 1. The molecule has 0 spiro atoms. The SMILES string of the molecule is CN1CCCc2cc(-c3cnn(C)c3)c(S(C)=O)cc21. The highest BCUT2D eigenvalue weighted by Gasteiger charge is 2.19. The average molecular weight is 289 g/mol. The van der Waals surface area contributed by atoms with Gasteiger partial charge in [0.2, 0.25) is 0 Å². The van der Waals surface area contributed by atoms with Crippen molar-refractivity contribution < 1.29 is 4.21 Å². The first-order chi connectivity index (χ1) is 9.56. The Morgan fingerprint density at radius 2 is 2.10 bits per heavy atom. The molecule has 1 aromatic carbocycles. The summed E-state index contributed by atoms with van der Waals surface area (Å²) in [5, 5.41) is 4.23. The van der Waals surface area contributed by atoms with Crippen LogP contribution in [0.4, 0.5) is 5.69 Å². The molecule has 0 N–H and O–H groups in total. The van der Waals surface area contributed by atoms with Crippen LogP contribution >= 0.6 is 0 Å². The van der Waals surface area contributed by atoms with Crippen molar-refractivity contribution in [2.24, 2.45) is 7.05 Å². The van der Waals surface area contributed by atoms with E-state index in [2.05, 4.69) is 29.2 Å². The maximum absolute atomic E-state index is 12.1. The molecule has 2 heterocycles. The highest BCUT2D eigenvalue weighted by atomic mass is 32.2. The number of benzene rings is 1. The van der Waals surface area contributed by atoms with Crippen molar-refractivity contribution in [3.05, 3.63) is 30.1 Å². The number of fused-ring (bicyclic) bond motifs is 1. The minimum absolute atomic E-state index is 0.894. The zero-order valence-corrected chi connectivity index (χ0v) is 12.9. The van der Waals surface area contributed by atoms with E-state index in [-0.39, 0.29) is 0 Å². The van der Waals surface area contributed by atoms with Crippen molar-refractivity contribution in [1.82, 2.24) is 9.78 Å². The van der Waals surface area contributed by atoms with E-state index in [0.29, 0.717) is 0 Å². The van der Waals surface area contributed by atoms with Crippen LogP contribution in [0.1, 0.15) is 12.0 Å². The number of hydrogen-bond donors (Lipinski definition) is 0. The van der Waals surface area contributed by atoms with Crippen LogP contribution in [-0.2, 0) is 24.3 Å². The largest absolute Gasteiger partial charge is 0.374 e. The van der Waals surface area contributed by atoms with Gasteiger partial charge < -0.3 is 4.90 Å². The van der Waals surface area contributed by atoms with Crippen LogP contribution < -0.4 is 4.90 Å². The molecule has 1 aliphatic heterocycles. The van der Waals surface area contributed by atoms with Crippen LogP contribution in [0.2, 0.25) is 0 Å². The third-order valence-electron chi connectivity index (χ3n) is 3.86. The van der Waals surface area contributed by atoms with E-state index in [4.69, 9.17) is 0 Å². The summed E-state index contributed by atoms with van der Waals surface area (Å²) >= 11 is 0. The normalized spacial score (nSPS) is 16.1. The van der Waals surface area contributed by atoms with Gasteiger partial charge in [0.1, 0.15) is 0 Å². The second kappa shape index (κ2) is 5.05. The first-order valence-electron chi connectivity index (χ1n) is 6.77. The summed E-state index contributed by atoms with van der Waals surface area (Å²) in [6, 6.07) is 4.28. The molecule has 0 bridgehead atoms. The Morgan fingerprint density at radius 3 is 2.75 bits per heavy atom. The van der Waals surface area contributed by atoms with Gasteiger partial charge >= 0.3 is 0 Å². The lowest BCUT2D eigenvalue weighted by molar-refractivity contribution is 0.686. The lowest BCUT2D eigenvalue weighted by atomic mass is 9.97. The quantitative estimate of drug-likeness (QED) is 0.851. The highest BCUT2D eigenvalue weighted by molar-refractivity contribution is 7.84. The fraction of sp³-hybridized carbons (Fsp3) is 0.400. The summed E-state index contributed by atoms with van der Waals surface area (Å²) in [7, 11) is 2.99. The molecule has 0 amide bonds. The topological polar surface area (TPSA) is 38.1 Å². The Kier molecular flexibility index (Phi) is 3.38. The van der Waals surface area contributed by atoms with Gasteiger partial charge in [-0.05, 0) is 30.5 Å². The minimum Gasteiger partial charge on any atom is -0.374 e. The van der Waals surface area contributed by atoms with Gasteiger partial charge in [-0.3, -0.25) is 8.89 Å². The molecule has 20 heavy (non-hydrogen) atoms. The first kappa shape index (κ1) is 13.4. The van der Waals surface area contributed by atoms with Crippen LogP contribution in [-0.4, -0.2) is 33.8 Å². The molecule has 0 fully saturated rings. The number of aromatic nitrogens is 2. The highest BCUT2D eigenvalue weighted by Crippen LogP contribution is 2.35. The fourth-order valence-corrected chi connectivity index (χ4v) is 3.58. The summed E-state index contributed by atoms with van der Waals surface area (Å²) in [6.45, 7) is 1.06. The van der Waals surface area contributed by atoms with Gasteiger partial charge in [0, 0.05) is 54.8 Å². The Hall–Kier alpha value is -1.62. The van der Waals surface area contributed by atoms with Crippen LogP contribution in [0.15, 0.2) is 29.4 Å². The van der Waals surface area contributed by atoms with Crippen molar-refractivity contribution in [2.75, 3.05) is 24.7 Å². The Morgan fingerprint density at radius 1 is 1.30 bits per heavy atom. The average Bonchev–Trinajstić information content (AvgIpc) is 2.84. The standard InChI is InChI=1S/C15H19N3OS/c1-17-6-4-5-11-7-13(12-9-16-18(2)10-12)15(20(3)19)8-14(11)17/h7-10H,4-6H2,1-3H3. The number of aryl methyl sites for hydroxylation is 2. The zero-order valence-electron chi connectivity index (χ0n) is 12.1. The van der Waals surface area contributed by atoms with Crippen molar-refractivity contribution in [3.63, 3.8) is 0 Å². The molecule has 5 heteroatoms. The molecule has 0 radical (unpaired) electrons. The summed E-state index contributed by atoms with van der Waals surface area (Å²) < 4.78 is 13.9. The van der Waals surface area contributed by atoms with Crippen LogP contribution in [0.5, 0.6) is 0 Å². The summed E-state index contributed by atoms with van der Waals surface area (Å²) in [6.07, 6.45) is 7.81. The Balaban J connectivity index is 2.20. The second-order valence-electron chi connectivity index (χ2n) is 5.36. The zero-order chi connectivity index (χ0) is 14.3. The molecule has 106 valence electrons. The molecule has 0 saturated heterocycles. The summed E-state index contributed by atoms with van der Waals surface area (Å²) in [4.78, 5) is 3.15. The molecular formula is C15H19N3OS. The third-order valence-corrected chi connectivity index (χ3v) is 4.81. The van der Waals surface area contributed by atoms with E-state index in [0.717, 1.165) is 29.0 Å². The first-order valence-corrected chi connectivity index (χ1v) is 8.32. The monoisotopic (exact) mass is 289 g/mol. The van der Waals surface area contributed by atoms with Crippen molar-refractivity contribution in [1.29, 1.82) is 0 Å². The molecule has 3 rings (SSSR count). The van der Waals surface area contributed by atoms with Crippen LogP contribution in [0.25, 0.3) is 11.1 Å². The van der Waals surface area contributed by atoms with E-state index in [1.165, 1.54) is 17.7 Å². The minimum atomic E-state index is -1.01. The molecule has 2 aromatic rings. The van der Waals surface area contributed by atoms with E-state index in [9.17, 15) is 4.21 Å². The van der Waals surface area contributed by atoms with Crippen molar-refractivity contribution >= 4 is 16.5 Å². The second-order valence-corrected chi connectivity index (χ2v) is 6.71. The Bertz CT molecular complexity index is 678. The van der Waals surface area contributed by atoms with Gasteiger partial charge in [-0.1, -0.05) is 0 Å². The molecule has 4 nitrogen and oxygen atoms in total. The van der Waals surface area contributed by atoms with Gasteiger partial charge in [-0.25, -0.2) is 0 Å². The van der Waals surface area contributed by atoms with Gasteiger partial charge in [0.05, 0.1) is 17.0 Å². The number of rotatable bonds is 2. The van der Waals surface area contributed by atoms with Crippen LogP contribution in [0.3, 0.4) is 0 Å². The Labute approximate surface area is 121 Å². The van der Waals surface area contributed by atoms with Gasteiger partial charge in [0.25, 0.3) is 0 Å². The maximum atomic E-state index is 12.1. The lowest BCUT2D eigenvalue weighted by Crippen LogP contribution is -2.25. The fourth-order valence-electron chi connectivity index (χ4n) is 2.82. The van der Waals surface area contributed by atoms with Gasteiger partial charge in [-0.15, -0.1) is 0 Å². The molecule has 0 aliphatic carbocycles. The molecule has 1 aliphatic rings. The van der Waals surface area contributed by atoms with E-state index in [1.54, 1.807) is 10.9 Å². The maximum Gasteiger partial charge on any atom is 0.0568 e. The predicted octanol–water partition coefficient (Wildman–Crippen LogP) is 2.21.